The third-order valence-electron chi connectivity index (χ3n) is 3.43. The normalized spacial score (nSPS) is 10.5. The van der Waals surface area contributed by atoms with Gasteiger partial charge in [0.05, 0.1) is 6.42 Å². The molecule has 1 heterocycles. The van der Waals surface area contributed by atoms with Crippen molar-refractivity contribution >= 4 is 5.97 Å². The second kappa shape index (κ2) is 6.92. The molecule has 0 atom stereocenters. The summed E-state index contributed by atoms with van der Waals surface area (Å²) < 4.78 is 10.5. The molecule has 0 aliphatic rings. The van der Waals surface area contributed by atoms with Crippen molar-refractivity contribution in [3.63, 3.8) is 0 Å². The molecular formula is C19H17NO3. The van der Waals surface area contributed by atoms with Gasteiger partial charge in [-0.05, 0) is 12.5 Å². The van der Waals surface area contributed by atoms with Crippen molar-refractivity contribution in [3.05, 3.63) is 77.5 Å². The first-order valence-electron chi connectivity index (χ1n) is 7.43. The molecule has 1 aromatic heterocycles. The van der Waals surface area contributed by atoms with Crippen LogP contribution in [0.25, 0.3) is 11.3 Å². The Morgan fingerprint density at radius 1 is 1.09 bits per heavy atom. The zero-order chi connectivity index (χ0) is 16.1. The van der Waals surface area contributed by atoms with Crippen LogP contribution in [0.4, 0.5) is 0 Å². The fraction of sp³-hybridized carbons (Fsp3) is 0.158. The number of ether oxygens (including phenoxy) is 1. The summed E-state index contributed by atoms with van der Waals surface area (Å²) in [5.74, 6) is 0.384. The minimum atomic E-state index is -0.278. The van der Waals surface area contributed by atoms with Gasteiger partial charge in [0.1, 0.15) is 12.3 Å². The van der Waals surface area contributed by atoms with Crippen molar-refractivity contribution < 1.29 is 14.1 Å². The summed E-state index contributed by atoms with van der Waals surface area (Å²) in [6, 6.07) is 19.3. The summed E-state index contributed by atoms with van der Waals surface area (Å²) >= 11 is 0. The molecule has 0 fully saturated rings. The lowest BCUT2D eigenvalue weighted by Crippen LogP contribution is -2.08. The van der Waals surface area contributed by atoms with Gasteiger partial charge in [0.2, 0.25) is 0 Å². The smallest absolute Gasteiger partial charge is 0.310 e. The average Bonchev–Trinajstić information content (AvgIpc) is 3.03. The molecule has 0 N–H and O–H groups in total. The number of hydrogen-bond acceptors (Lipinski definition) is 4. The van der Waals surface area contributed by atoms with Gasteiger partial charge < -0.3 is 9.26 Å². The highest BCUT2D eigenvalue weighted by Gasteiger charge is 2.10. The lowest BCUT2D eigenvalue weighted by molar-refractivity contribution is -0.144. The standard InChI is InChI=1S/C19H17NO3/c1-14-6-5-7-15(10-14)11-19(21)22-13-17-12-18(23-20-17)16-8-3-2-4-9-16/h2-10,12H,11,13H2,1H3. The molecule has 0 saturated heterocycles. The SMILES string of the molecule is Cc1cccc(CC(=O)OCc2cc(-c3ccccc3)on2)c1. The molecule has 4 nitrogen and oxygen atoms in total. The van der Waals surface area contributed by atoms with E-state index in [4.69, 9.17) is 9.26 Å². The number of rotatable bonds is 5. The maximum absolute atomic E-state index is 11.9. The summed E-state index contributed by atoms with van der Waals surface area (Å²) in [5, 5.41) is 3.93. The second-order valence-corrected chi connectivity index (χ2v) is 5.38. The number of hydrogen-bond donors (Lipinski definition) is 0. The molecule has 0 bridgehead atoms. The molecule has 0 spiro atoms. The monoisotopic (exact) mass is 307 g/mol. The third kappa shape index (κ3) is 4.07. The molecule has 4 heteroatoms. The predicted octanol–water partition coefficient (Wildman–Crippen LogP) is 3.94. The van der Waals surface area contributed by atoms with Crippen LogP contribution in [0, 0.1) is 6.92 Å². The van der Waals surface area contributed by atoms with E-state index in [2.05, 4.69) is 5.16 Å². The Kier molecular flexibility index (Phi) is 4.52. The zero-order valence-electron chi connectivity index (χ0n) is 12.9. The molecule has 0 unspecified atom stereocenters. The predicted molar refractivity (Wildman–Crippen MR) is 86.6 cm³/mol. The summed E-state index contributed by atoms with van der Waals surface area (Å²) in [6.45, 7) is 2.11. The van der Waals surface area contributed by atoms with Gasteiger partial charge in [-0.25, -0.2) is 0 Å². The Morgan fingerprint density at radius 2 is 1.91 bits per heavy atom. The zero-order valence-corrected chi connectivity index (χ0v) is 12.9. The Morgan fingerprint density at radius 3 is 2.70 bits per heavy atom. The van der Waals surface area contributed by atoms with E-state index in [-0.39, 0.29) is 19.0 Å². The Labute approximate surface area is 134 Å². The lowest BCUT2D eigenvalue weighted by atomic mass is 10.1. The van der Waals surface area contributed by atoms with Gasteiger partial charge in [-0.15, -0.1) is 0 Å². The summed E-state index contributed by atoms with van der Waals surface area (Å²) in [4.78, 5) is 11.9. The van der Waals surface area contributed by atoms with Gasteiger partial charge in [-0.2, -0.15) is 0 Å². The number of aryl methyl sites for hydroxylation is 1. The molecule has 0 aliphatic carbocycles. The highest BCUT2D eigenvalue weighted by molar-refractivity contribution is 5.72. The largest absolute Gasteiger partial charge is 0.459 e. The Bertz CT molecular complexity index is 793. The van der Waals surface area contributed by atoms with Gasteiger partial charge in [0.15, 0.2) is 5.76 Å². The number of nitrogens with zero attached hydrogens (tertiary/aromatic N) is 1. The minimum Gasteiger partial charge on any atom is -0.459 e. The van der Waals surface area contributed by atoms with Crippen LogP contribution in [0.1, 0.15) is 16.8 Å². The first kappa shape index (κ1) is 15.0. The number of benzene rings is 2. The quantitative estimate of drug-likeness (QED) is 0.670. The highest BCUT2D eigenvalue weighted by Crippen LogP contribution is 2.20. The number of carbonyl (C=O) groups excluding carboxylic acids is 1. The Hall–Kier alpha value is -2.88. The van der Waals surface area contributed by atoms with Crippen molar-refractivity contribution in [1.29, 1.82) is 0 Å². The summed E-state index contributed by atoms with van der Waals surface area (Å²) in [7, 11) is 0. The van der Waals surface area contributed by atoms with Gasteiger partial charge in [0.25, 0.3) is 0 Å². The fourth-order valence-electron chi connectivity index (χ4n) is 2.31. The van der Waals surface area contributed by atoms with Crippen molar-refractivity contribution in [2.45, 2.75) is 20.0 Å². The van der Waals surface area contributed by atoms with E-state index in [0.29, 0.717) is 11.5 Å². The first-order chi connectivity index (χ1) is 11.2. The van der Waals surface area contributed by atoms with E-state index in [0.717, 1.165) is 16.7 Å². The number of aromatic nitrogens is 1. The van der Waals surface area contributed by atoms with Crippen LogP contribution < -0.4 is 0 Å². The van der Waals surface area contributed by atoms with Crippen molar-refractivity contribution in [2.75, 3.05) is 0 Å². The number of carbonyl (C=O) groups is 1. The number of esters is 1. The summed E-state index contributed by atoms with van der Waals surface area (Å²) in [6.07, 6.45) is 0.255. The fourth-order valence-corrected chi connectivity index (χ4v) is 2.31. The van der Waals surface area contributed by atoms with Gasteiger partial charge in [0, 0.05) is 11.6 Å². The maximum atomic E-state index is 11.9. The average molecular weight is 307 g/mol. The molecule has 0 amide bonds. The first-order valence-corrected chi connectivity index (χ1v) is 7.43. The van der Waals surface area contributed by atoms with E-state index in [1.807, 2.05) is 61.5 Å². The molecule has 2 aromatic carbocycles. The van der Waals surface area contributed by atoms with E-state index < -0.39 is 0 Å². The van der Waals surface area contributed by atoms with Gasteiger partial charge in [-0.3, -0.25) is 4.79 Å². The lowest BCUT2D eigenvalue weighted by Gasteiger charge is -2.03. The van der Waals surface area contributed by atoms with Crippen LogP contribution in [-0.2, 0) is 22.6 Å². The molecule has 3 aromatic rings. The second-order valence-electron chi connectivity index (χ2n) is 5.38. The summed E-state index contributed by atoms with van der Waals surface area (Å²) in [5.41, 5.74) is 3.61. The van der Waals surface area contributed by atoms with E-state index >= 15 is 0 Å². The molecule has 116 valence electrons. The van der Waals surface area contributed by atoms with Gasteiger partial charge >= 0.3 is 5.97 Å². The van der Waals surface area contributed by atoms with Crippen LogP contribution in [0.3, 0.4) is 0 Å². The van der Waals surface area contributed by atoms with Crippen LogP contribution in [0.5, 0.6) is 0 Å². The molecule has 0 aliphatic heterocycles. The van der Waals surface area contributed by atoms with Crippen LogP contribution in [-0.4, -0.2) is 11.1 Å². The van der Waals surface area contributed by atoms with Crippen molar-refractivity contribution in [2.24, 2.45) is 0 Å². The maximum Gasteiger partial charge on any atom is 0.310 e. The topological polar surface area (TPSA) is 52.3 Å². The molecule has 23 heavy (non-hydrogen) atoms. The van der Waals surface area contributed by atoms with E-state index in [1.165, 1.54) is 0 Å². The van der Waals surface area contributed by atoms with E-state index in [9.17, 15) is 4.79 Å². The van der Waals surface area contributed by atoms with E-state index in [1.54, 1.807) is 6.07 Å². The van der Waals surface area contributed by atoms with Crippen LogP contribution in [0.2, 0.25) is 0 Å². The van der Waals surface area contributed by atoms with Crippen molar-refractivity contribution in [3.8, 4) is 11.3 Å². The molecular weight excluding hydrogens is 290 g/mol. The van der Waals surface area contributed by atoms with Crippen molar-refractivity contribution in [1.82, 2.24) is 5.16 Å². The van der Waals surface area contributed by atoms with Gasteiger partial charge in [-0.1, -0.05) is 65.3 Å². The minimum absolute atomic E-state index is 0.112. The van der Waals surface area contributed by atoms with Crippen LogP contribution >= 0.6 is 0 Å². The Balaban J connectivity index is 1.56. The molecule has 0 radical (unpaired) electrons. The van der Waals surface area contributed by atoms with Crippen LogP contribution in [0.15, 0.2) is 65.2 Å². The highest BCUT2D eigenvalue weighted by atomic mass is 16.5. The molecule has 3 rings (SSSR count). The molecule has 0 saturated carbocycles. The third-order valence-corrected chi connectivity index (χ3v) is 3.43.